The fourth-order valence-electron chi connectivity index (χ4n) is 2.30. The van der Waals surface area contributed by atoms with E-state index in [1.54, 1.807) is 19.1 Å². The van der Waals surface area contributed by atoms with Crippen LogP contribution in [0.15, 0.2) is 16.5 Å². The predicted molar refractivity (Wildman–Crippen MR) is 82.9 cm³/mol. The molecule has 1 aliphatic heterocycles. The molecule has 1 aliphatic rings. The number of imide groups is 2. The van der Waals surface area contributed by atoms with Crippen molar-refractivity contribution in [3.8, 4) is 0 Å². The molecule has 0 unspecified atom stereocenters. The second-order valence-corrected chi connectivity index (χ2v) is 5.66. The van der Waals surface area contributed by atoms with Crippen molar-refractivity contribution < 1.29 is 23.6 Å². The summed E-state index contributed by atoms with van der Waals surface area (Å²) < 4.78 is 5.42. The summed E-state index contributed by atoms with van der Waals surface area (Å²) in [5.41, 5.74) is -1.38. The zero-order valence-corrected chi connectivity index (χ0v) is 13.8. The lowest BCUT2D eigenvalue weighted by molar-refractivity contribution is -0.135. The minimum atomic E-state index is -1.38. The van der Waals surface area contributed by atoms with Gasteiger partial charge in [-0.25, -0.2) is 9.59 Å². The first-order valence-electron chi connectivity index (χ1n) is 7.56. The summed E-state index contributed by atoms with van der Waals surface area (Å²) in [6, 6.07) is 1.88. The summed E-state index contributed by atoms with van der Waals surface area (Å²) in [5, 5.41) is 7.05. The Morgan fingerprint density at radius 1 is 1.33 bits per heavy atom. The van der Waals surface area contributed by atoms with Crippen LogP contribution in [0.1, 0.15) is 31.8 Å². The molecule has 1 atom stereocenters. The maximum absolute atomic E-state index is 12.5. The van der Waals surface area contributed by atoms with Crippen LogP contribution in [-0.2, 0) is 15.1 Å². The number of carbonyl (C=O) groups excluding carboxylic acids is 4. The van der Waals surface area contributed by atoms with E-state index < -0.39 is 36.0 Å². The standard InChI is InChI=1S/C15H20N4O5/c1-4-7-16-13(22)17-11(20)8-19-12(21)15(3,18-14(19)23)10-6-5-9(2)24-10/h5-6H,4,7-8H2,1-3H3,(H,18,23)(H2,16,17,20,22)/t15-/m1/s1. The van der Waals surface area contributed by atoms with Crippen LogP contribution in [-0.4, -0.2) is 41.9 Å². The van der Waals surface area contributed by atoms with Gasteiger partial charge in [0.1, 0.15) is 18.1 Å². The first kappa shape index (κ1) is 17.5. The van der Waals surface area contributed by atoms with Gasteiger partial charge in [-0.1, -0.05) is 6.92 Å². The zero-order valence-electron chi connectivity index (χ0n) is 13.8. The van der Waals surface area contributed by atoms with E-state index in [9.17, 15) is 19.2 Å². The Morgan fingerprint density at radius 3 is 2.62 bits per heavy atom. The monoisotopic (exact) mass is 336 g/mol. The molecule has 0 radical (unpaired) electrons. The number of carbonyl (C=O) groups is 4. The summed E-state index contributed by atoms with van der Waals surface area (Å²) in [5.74, 6) is -0.503. The van der Waals surface area contributed by atoms with E-state index in [0.717, 1.165) is 11.3 Å². The SMILES string of the molecule is CCCNC(=O)NC(=O)CN1C(=O)N[C@](C)(c2ccc(C)o2)C1=O. The molecule has 1 aromatic heterocycles. The quantitative estimate of drug-likeness (QED) is 0.680. The lowest BCUT2D eigenvalue weighted by Crippen LogP contribution is -2.47. The average Bonchev–Trinajstić information content (AvgIpc) is 3.04. The maximum atomic E-state index is 12.5. The van der Waals surface area contributed by atoms with E-state index in [-0.39, 0.29) is 5.76 Å². The fraction of sp³-hybridized carbons (Fsp3) is 0.467. The average molecular weight is 336 g/mol. The molecule has 2 heterocycles. The third kappa shape index (κ3) is 3.39. The summed E-state index contributed by atoms with van der Waals surface area (Å²) in [7, 11) is 0. The highest BCUT2D eigenvalue weighted by Crippen LogP contribution is 2.29. The van der Waals surface area contributed by atoms with E-state index >= 15 is 0 Å². The van der Waals surface area contributed by atoms with Gasteiger partial charge < -0.3 is 15.1 Å². The third-order valence-corrected chi connectivity index (χ3v) is 3.60. The van der Waals surface area contributed by atoms with Gasteiger partial charge in [0.15, 0.2) is 5.54 Å². The minimum Gasteiger partial charge on any atom is -0.463 e. The van der Waals surface area contributed by atoms with Gasteiger partial charge in [-0.3, -0.25) is 19.8 Å². The van der Waals surface area contributed by atoms with Crippen LogP contribution >= 0.6 is 0 Å². The molecule has 24 heavy (non-hydrogen) atoms. The molecule has 3 N–H and O–H groups in total. The van der Waals surface area contributed by atoms with Gasteiger partial charge in [-0.15, -0.1) is 0 Å². The third-order valence-electron chi connectivity index (χ3n) is 3.60. The minimum absolute atomic E-state index is 0.280. The summed E-state index contributed by atoms with van der Waals surface area (Å²) in [6.07, 6.45) is 0.718. The summed E-state index contributed by atoms with van der Waals surface area (Å²) in [6.45, 7) is 4.94. The second kappa shape index (κ2) is 6.73. The van der Waals surface area contributed by atoms with Gasteiger partial charge in [0.25, 0.3) is 5.91 Å². The van der Waals surface area contributed by atoms with Crippen molar-refractivity contribution >= 4 is 23.9 Å². The van der Waals surface area contributed by atoms with E-state index in [1.807, 2.05) is 6.92 Å². The van der Waals surface area contributed by atoms with Crippen LogP contribution in [0.2, 0.25) is 0 Å². The molecule has 1 saturated heterocycles. The Morgan fingerprint density at radius 2 is 2.04 bits per heavy atom. The van der Waals surface area contributed by atoms with Crippen LogP contribution in [0.4, 0.5) is 9.59 Å². The van der Waals surface area contributed by atoms with Gasteiger partial charge in [0.05, 0.1) is 0 Å². The number of urea groups is 2. The molecule has 6 amide bonds. The molecule has 0 aromatic carbocycles. The topological polar surface area (TPSA) is 121 Å². The number of hydrogen-bond acceptors (Lipinski definition) is 5. The van der Waals surface area contributed by atoms with Crippen LogP contribution in [0.25, 0.3) is 0 Å². The van der Waals surface area contributed by atoms with Crippen LogP contribution in [0, 0.1) is 6.92 Å². The number of amides is 6. The number of aryl methyl sites for hydroxylation is 1. The molecule has 1 aromatic rings. The molecule has 1 fully saturated rings. The highest BCUT2D eigenvalue weighted by Gasteiger charge is 2.51. The van der Waals surface area contributed by atoms with Crippen LogP contribution in [0.5, 0.6) is 0 Å². The van der Waals surface area contributed by atoms with Gasteiger partial charge in [-0.05, 0) is 32.4 Å². The molecular weight excluding hydrogens is 316 g/mol. The zero-order chi connectivity index (χ0) is 17.9. The second-order valence-electron chi connectivity index (χ2n) is 5.66. The first-order valence-corrected chi connectivity index (χ1v) is 7.56. The first-order chi connectivity index (χ1) is 11.3. The maximum Gasteiger partial charge on any atom is 0.325 e. The van der Waals surface area contributed by atoms with Crippen molar-refractivity contribution in [3.05, 3.63) is 23.7 Å². The largest absolute Gasteiger partial charge is 0.463 e. The number of furan rings is 1. The number of nitrogens with zero attached hydrogens (tertiary/aromatic N) is 1. The Hall–Kier alpha value is -2.84. The molecule has 9 heteroatoms. The van der Waals surface area contributed by atoms with Gasteiger partial charge >= 0.3 is 12.1 Å². The van der Waals surface area contributed by atoms with Gasteiger partial charge in [0, 0.05) is 6.54 Å². The Balaban J connectivity index is 2.04. The fourth-order valence-corrected chi connectivity index (χ4v) is 2.30. The lowest BCUT2D eigenvalue weighted by Gasteiger charge is -2.18. The normalized spacial score (nSPS) is 20.0. The molecule has 2 rings (SSSR count). The number of nitrogens with one attached hydrogen (secondary N) is 3. The van der Waals surface area contributed by atoms with Crippen LogP contribution < -0.4 is 16.0 Å². The van der Waals surface area contributed by atoms with Crippen molar-refractivity contribution in [2.75, 3.05) is 13.1 Å². The lowest BCUT2D eigenvalue weighted by atomic mass is 9.99. The van der Waals surface area contributed by atoms with E-state index in [4.69, 9.17) is 4.42 Å². The van der Waals surface area contributed by atoms with Crippen molar-refractivity contribution in [1.82, 2.24) is 20.9 Å². The smallest absolute Gasteiger partial charge is 0.325 e. The molecule has 9 nitrogen and oxygen atoms in total. The van der Waals surface area contributed by atoms with Crippen LogP contribution in [0.3, 0.4) is 0 Å². The van der Waals surface area contributed by atoms with Crippen molar-refractivity contribution in [1.29, 1.82) is 0 Å². The van der Waals surface area contributed by atoms with E-state index in [1.165, 1.54) is 6.92 Å². The van der Waals surface area contributed by atoms with Crippen molar-refractivity contribution in [2.24, 2.45) is 0 Å². The Labute approximate surface area is 138 Å². The van der Waals surface area contributed by atoms with Crippen molar-refractivity contribution in [3.63, 3.8) is 0 Å². The predicted octanol–water partition coefficient (Wildman–Crippen LogP) is 0.591. The van der Waals surface area contributed by atoms with E-state index in [2.05, 4.69) is 16.0 Å². The molecule has 0 spiro atoms. The molecule has 130 valence electrons. The molecule has 0 aliphatic carbocycles. The highest BCUT2D eigenvalue weighted by atomic mass is 16.3. The molecule has 0 saturated carbocycles. The molecular formula is C15H20N4O5. The Bertz CT molecular complexity index is 683. The van der Waals surface area contributed by atoms with Gasteiger partial charge in [0.2, 0.25) is 5.91 Å². The summed E-state index contributed by atoms with van der Waals surface area (Å²) >= 11 is 0. The van der Waals surface area contributed by atoms with E-state index in [0.29, 0.717) is 12.3 Å². The summed E-state index contributed by atoms with van der Waals surface area (Å²) in [4.78, 5) is 48.6. The van der Waals surface area contributed by atoms with Gasteiger partial charge in [-0.2, -0.15) is 0 Å². The number of rotatable bonds is 5. The molecule has 0 bridgehead atoms. The van der Waals surface area contributed by atoms with Crippen molar-refractivity contribution in [2.45, 2.75) is 32.7 Å². The highest BCUT2D eigenvalue weighted by molar-refractivity contribution is 6.09. The Kier molecular flexibility index (Phi) is 4.91. The number of hydrogen-bond donors (Lipinski definition) is 3.